The number of hydroxylamine groups is 1. The average Bonchev–Trinajstić information content (AvgIpc) is 2.80. The van der Waals surface area contributed by atoms with E-state index in [9.17, 15) is 18.4 Å². The summed E-state index contributed by atoms with van der Waals surface area (Å²) in [6.07, 6.45) is 1.96. The summed E-state index contributed by atoms with van der Waals surface area (Å²) in [6, 6.07) is 18.7. The molecule has 3 aromatic rings. The molecule has 174 valence electrons. The number of benzene rings is 2. The van der Waals surface area contributed by atoms with Gasteiger partial charge in [0, 0.05) is 17.8 Å². The van der Waals surface area contributed by atoms with Gasteiger partial charge in [0.25, 0.3) is 5.91 Å². The van der Waals surface area contributed by atoms with Crippen LogP contribution in [0.1, 0.15) is 19.4 Å². The number of pyridine rings is 1. The van der Waals surface area contributed by atoms with Crippen molar-refractivity contribution < 1.29 is 27.9 Å². The van der Waals surface area contributed by atoms with Crippen LogP contribution in [0.5, 0.6) is 11.5 Å². The van der Waals surface area contributed by atoms with E-state index in [2.05, 4.69) is 4.98 Å². The number of nitrogens with zero attached hydrogens (tertiary/aromatic N) is 1. The van der Waals surface area contributed by atoms with Crippen molar-refractivity contribution in [2.45, 2.75) is 31.5 Å². The Bertz CT molecular complexity index is 1150. The molecule has 0 saturated carbocycles. The first-order chi connectivity index (χ1) is 15.7. The van der Waals surface area contributed by atoms with Gasteiger partial charge in [0.1, 0.15) is 17.6 Å². The summed E-state index contributed by atoms with van der Waals surface area (Å²) in [6.45, 7) is 3.22. The maximum Gasteiger partial charge on any atom is 0.273 e. The number of ether oxygens (including phenoxy) is 2. The zero-order valence-corrected chi connectivity index (χ0v) is 19.2. The van der Waals surface area contributed by atoms with Crippen LogP contribution in [0.15, 0.2) is 84.0 Å². The van der Waals surface area contributed by atoms with Crippen molar-refractivity contribution in [1.82, 2.24) is 10.5 Å². The molecule has 0 aliphatic heterocycles. The molecular weight excluding hydrogens is 444 g/mol. The lowest BCUT2D eigenvalue weighted by Gasteiger charge is -2.32. The predicted molar refractivity (Wildman–Crippen MR) is 122 cm³/mol. The highest BCUT2D eigenvalue weighted by molar-refractivity contribution is 7.91. The van der Waals surface area contributed by atoms with Crippen molar-refractivity contribution in [1.29, 1.82) is 0 Å². The van der Waals surface area contributed by atoms with Gasteiger partial charge in [-0.25, -0.2) is 13.9 Å². The van der Waals surface area contributed by atoms with Crippen LogP contribution in [0, 0.1) is 5.41 Å². The van der Waals surface area contributed by atoms with Crippen LogP contribution in [-0.2, 0) is 26.0 Å². The molecule has 0 aliphatic rings. The van der Waals surface area contributed by atoms with Gasteiger partial charge in [0.15, 0.2) is 9.84 Å². The highest BCUT2D eigenvalue weighted by atomic mass is 32.2. The van der Waals surface area contributed by atoms with Gasteiger partial charge in [0.05, 0.1) is 17.3 Å². The molecule has 2 N–H and O–H groups in total. The van der Waals surface area contributed by atoms with Crippen LogP contribution in [-0.4, -0.2) is 36.4 Å². The first-order valence-corrected chi connectivity index (χ1v) is 11.9. The van der Waals surface area contributed by atoms with Crippen molar-refractivity contribution in [3.05, 3.63) is 84.7 Å². The number of amides is 1. The van der Waals surface area contributed by atoms with Crippen molar-refractivity contribution >= 4 is 15.7 Å². The second kappa shape index (κ2) is 10.6. The van der Waals surface area contributed by atoms with E-state index in [1.54, 1.807) is 68.1 Å². The average molecular weight is 471 g/mol. The summed E-state index contributed by atoms with van der Waals surface area (Å²) < 4.78 is 37.6. The highest BCUT2D eigenvalue weighted by Crippen LogP contribution is 2.30. The topological polar surface area (TPSA) is 115 Å². The van der Waals surface area contributed by atoms with Crippen LogP contribution in [0.2, 0.25) is 0 Å². The van der Waals surface area contributed by atoms with Gasteiger partial charge in [-0.15, -0.1) is 0 Å². The van der Waals surface area contributed by atoms with Crippen LogP contribution >= 0.6 is 0 Å². The number of rotatable bonds is 10. The minimum absolute atomic E-state index is 0.0287. The van der Waals surface area contributed by atoms with Gasteiger partial charge >= 0.3 is 0 Å². The van der Waals surface area contributed by atoms with Crippen molar-refractivity contribution in [2.24, 2.45) is 5.41 Å². The van der Waals surface area contributed by atoms with Crippen LogP contribution < -0.4 is 10.2 Å². The van der Waals surface area contributed by atoms with E-state index in [4.69, 9.17) is 9.47 Å². The van der Waals surface area contributed by atoms with Crippen LogP contribution in [0.3, 0.4) is 0 Å². The van der Waals surface area contributed by atoms with Gasteiger partial charge in [-0.2, -0.15) is 0 Å². The summed E-state index contributed by atoms with van der Waals surface area (Å²) in [7, 11) is -3.79. The number of hydrogen-bond acceptors (Lipinski definition) is 7. The molecule has 1 aromatic heterocycles. The Labute approximate surface area is 193 Å². The Kier molecular flexibility index (Phi) is 7.80. The smallest absolute Gasteiger partial charge is 0.273 e. The molecule has 0 aliphatic carbocycles. The molecule has 3 rings (SSSR count). The van der Waals surface area contributed by atoms with Crippen molar-refractivity contribution in [2.75, 3.05) is 5.75 Å². The van der Waals surface area contributed by atoms with Gasteiger partial charge < -0.3 is 9.47 Å². The van der Waals surface area contributed by atoms with E-state index in [1.165, 1.54) is 12.1 Å². The first kappa shape index (κ1) is 24.4. The Hall–Kier alpha value is -3.27. The van der Waals surface area contributed by atoms with Gasteiger partial charge in [0.2, 0.25) is 0 Å². The molecule has 1 amide bonds. The third-order valence-electron chi connectivity index (χ3n) is 4.92. The number of para-hydroxylation sites is 1. The molecule has 0 radical (unpaired) electrons. The molecule has 1 atom stereocenters. The summed E-state index contributed by atoms with van der Waals surface area (Å²) in [5.41, 5.74) is 1.12. The number of sulfone groups is 1. The Morgan fingerprint density at radius 1 is 1.03 bits per heavy atom. The zero-order valence-electron chi connectivity index (χ0n) is 18.3. The molecule has 33 heavy (non-hydrogen) atoms. The maximum atomic E-state index is 13.1. The van der Waals surface area contributed by atoms with Gasteiger partial charge in [-0.1, -0.05) is 38.1 Å². The van der Waals surface area contributed by atoms with E-state index in [0.29, 0.717) is 17.1 Å². The lowest BCUT2D eigenvalue weighted by atomic mass is 9.88. The first-order valence-electron chi connectivity index (χ1n) is 10.2. The monoisotopic (exact) mass is 470 g/mol. The Morgan fingerprint density at radius 2 is 1.70 bits per heavy atom. The third-order valence-corrected chi connectivity index (χ3v) is 7.04. The lowest BCUT2D eigenvalue weighted by Crippen LogP contribution is -2.47. The van der Waals surface area contributed by atoms with E-state index in [0.717, 1.165) is 0 Å². The quantitative estimate of drug-likeness (QED) is 0.342. The van der Waals surface area contributed by atoms with E-state index >= 15 is 0 Å². The number of hydrogen-bond donors (Lipinski definition) is 2. The van der Waals surface area contributed by atoms with E-state index < -0.39 is 27.3 Å². The van der Waals surface area contributed by atoms with Crippen molar-refractivity contribution in [3.8, 4) is 11.5 Å². The summed E-state index contributed by atoms with van der Waals surface area (Å²) in [4.78, 5) is 16.4. The molecule has 0 saturated heterocycles. The molecule has 0 bridgehead atoms. The molecule has 9 heteroatoms. The minimum Gasteiger partial charge on any atom is -0.457 e. The molecule has 1 heterocycles. The predicted octanol–water partition coefficient (Wildman–Crippen LogP) is 3.76. The normalized spacial score (nSPS) is 12.7. The Morgan fingerprint density at radius 3 is 2.30 bits per heavy atom. The fourth-order valence-electron chi connectivity index (χ4n) is 3.37. The van der Waals surface area contributed by atoms with Crippen molar-refractivity contribution in [3.63, 3.8) is 0 Å². The number of carbonyl (C=O) groups excluding carboxylic acids is 1. The Balaban J connectivity index is 1.74. The lowest BCUT2D eigenvalue weighted by molar-refractivity contribution is -0.149. The molecular formula is C24H26N2O6S. The molecule has 0 unspecified atom stereocenters. The maximum absolute atomic E-state index is 13.1. The molecule has 8 nitrogen and oxygen atoms in total. The summed E-state index contributed by atoms with van der Waals surface area (Å²) in [5.74, 6) is -0.0791. The third kappa shape index (κ3) is 6.61. The second-order valence-corrected chi connectivity index (χ2v) is 10.2. The second-order valence-electron chi connectivity index (χ2n) is 8.16. The van der Waals surface area contributed by atoms with Gasteiger partial charge in [-0.3, -0.25) is 15.0 Å². The number of nitrogens with one attached hydrogen (secondary N) is 1. The van der Waals surface area contributed by atoms with E-state index in [1.807, 2.05) is 18.2 Å². The fraction of sp³-hybridized carbons (Fsp3) is 0.250. The molecule has 0 spiro atoms. The number of carbonyl (C=O) groups is 1. The highest BCUT2D eigenvalue weighted by Gasteiger charge is 2.40. The fourth-order valence-corrected chi connectivity index (χ4v) is 5.21. The summed E-state index contributed by atoms with van der Waals surface area (Å²) >= 11 is 0. The number of aromatic nitrogens is 1. The standard InChI is InChI=1S/C24H26N2O6S/c1-24(2,22(23(27)26-28)31-16-18-7-6-14-25-15-18)17-33(29,30)21-12-10-20(11-13-21)32-19-8-4-3-5-9-19/h3-15,22,28H,16-17H2,1-2H3,(H,26,27)/t22-/m1/s1. The van der Waals surface area contributed by atoms with Gasteiger partial charge in [-0.05, 0) is 48.0 Å². The SMILES string of the molecule is CC(C)(CS(=O)(=O)c1ccc(Oc2ccccc2)cc1)[C@H](OCc1cccnc1)C(=O)NO. The van der Waals surface area contributed by atoms with Crippen LogP contribution in [0.25, 0.3) is 0 Å². The molecule has 0 fully saturated rings. The minimum atomic E-state index is -3.79. The molecule has 2 aromatic carbocycles. The zero-order chi connectivity index (χ0) is 23.9. The largest absolute Gasteiger partial charge is 0.457 e. The summed E-state index contributed by atoms with van der Waals surface area (Å²) in [5, 5.41) is 9.18. The van der Waals surface area contributed by atoms with E-state index in [-0.39, 0.29) is 17.3 Å². The van der Waals surface area contributed by atoms with Crippen LogP contribution in [0.4, 0.5) is 0 Å².